The van der Waals surface area contributed by atoms with Gasteiger partial charge in [-0.15, -0.1) is 5.10 Å². The summed E-state index contributed by atoms with van der Waals surface area (Å²) >= 11 is 0. The molecule has 0 spiro atoms. The zero-order valence-corrected chi connectivity index (χ0v) is 17.7. The molecule has 2 aromatic carbocycles. The molecule has 0 unspecified atom stereocenters. The van der Waals surface area contributed by atoms with Crippen molar-refractivity contribution >= 4 is 0 Å². The highest BCUT2D eigenvalue weighted by Gasteiger charge is 2.35. The van der Waals surface area contributed by atoms with Gasteiger partial charge in [-0.25, -0.2) is 0 Å². The van der Waals surface area contributed by atoms with E-state index in [9.17, 15) is 5.26 Å². The average molecular weight is 416 g/mol. The van der Waals surface area contributed by atoms with E-state index in [1.807, 2.05) is 37.3 Å². The SMILES string of the molecule is CCOc1ccc(-c2[nH]nc3c2[C@H](c2ccc(CC)cc2)C(C#N)=C(N)O3)cc1OC. The molecule has 2 heterocycles. The van der Waals surface area contributed by atoms with E-state index in [1.165, 1.54) is 5.56 Å². The summed E-state index contributed by atoms with van der Waals surface area (Å²) in [6, 6.07) is 16.1. The van der Waals surface area contributed by atoms with E-state index in [-0.39, 0.29) is 5.88 Å². The van der Waals surface area contributed by atoms with Crippen LogP contribution in [0.15, 0.2) is 53.9 Å². The summed E-state index contributed by atoms with van der Waals surface area (Å²) in [4.78, 5) is 0. The van der Waals surface area contributed by atoms with E-state index in [0.717, 1.165) is 28.8 Å². The minimum absolute atomic E-state index is 0.0712. The number of H-pyrrole nitrogens is 1. The van der Waals surface area contributed by atoms with Crippen LogP contribution in [0, 0.1) is 11.3 Å². The Morgan fingerprint density at radius 2 is 1.94 bits per heavy atom. The number of fused-ring (bicyclic) bond motifs is 1. The summed E-state index contributed by atoms with van der Waals surface area (Å²) in [6.07, 6.45) is 0.936. The fraction of sp³-hybridized carbons (Fsp3) is 0.250. The number of allylic oxidation sites excluding steroid dienone is 1. The van der Waals surface area contributed by atoms with E-state index in [1.54, 1.807) is 7.11 Å². The molecule has 7 nitrogen and oxygen atoms in total. The maximum Gasteiger partial charge on any atom is 0.244 e. The van der Waals surface area contributed by atoms with Crippen LogP contribution >= 0.6 is 0 Å². The minimum atomic E-state index is -0.397. The van der Waals surface area contributed by atoms with Crippen LogP contribution in [0.1, 0.15) is 36.5 Å². The lowest BCUT2D eigenvalue weighted by Gasteiger charge is -2.24. The van der Waals surface area contributed by atoms with Gasteiger partial charge in [0.15, 0.2) is 11.5 Å². The first-order chi connectivity index (χ1) is 15.1. The van der Waals surface area contributed by atoms with Gasteiger partial charge in [-0.05, 0) is 42.7 Å². The molecule has 1 aromatic heterocycles. The highest BCUT2D eigenvalue weighted by atomic mass is 16.5. The van der Waals surface area contributed by atoms with Crippen LogP contribution in [-0.2, 0) is 6.42 Å². The number of aromatic nitrogens is 2. The number of benzene rings is 2. The van der Waals surface area contributed by atoms with Gasteiger partial charge in [-0.3, -0.25) is 5.10 Å². The largest absolute Gasteiger partial charge is 0.493 e. The van der Waals surface area contributed by atoms with Crippen LogP contribution in [0.3, 0.4) is 0 Å². The molecule has 31 heavy (non-hydrogen) atoms. The van der Waals surface area contributed by atoms with Gasteiger partial charge in [0, 0.05) is 5.56 Å². The fourth-order valence-electron chi connectivity index (χ4n) is 3.84. The van der Waals surface area contributed by atoms with E-state index in [4.69, 9.17) is 19.9 Å². The zero-order valence-electron chi connectivity index (χ0n) is 17.7. The van der Waals surface area contributed by atoms with Crippen LogP contribution in [0.25, 0.3) is 11.3 Å². The number of hydrogen-bond donors (Lipinski definition) is 2. The number of nitrogens with zero attached hydrogens (tertiary/aromatic N) is 2. The van der Waals surface area contributed by atoms with Crippen LogP contribution in [0.2, 0.25) is 0 Å². The number of nitriles is 1. The first kappa shape index (κ1) is 20.4. The number of hydrogen-bond acceptors (Lipinski definition) is 6. The topological polar surface area (TPSA) is 106 Å². The highest BCUT2D eigenvalue weighted by molar-refractivity contribution is 5.73. The average Bonchev–Trinajstić information content (AvgIpc) is 3.22. The van der Waals surface area contributed by atoms with Crippen molar-refractivity contribution in [1.29, 1.82) is 5.26 Å². The molecule has 4 rings (SSSR count). The van der Waals surface area contributed by atoms with E-state index >= 15 is 0 Å². The summed E-state index contributed by atoms with van der Waals surface area (Å²) < 4.78 is 16.8. The molecular formula is C24H24N4O3. The molecule has 1 atom stereocenters. The number of methoxy groups -OCH3 is 1. The Hall–Kier alpha value is -3.92. The first-order valence-electron chi connectivity index (χ1n) is 10.2. The van der Waals surface area contributed by atoms with Gasteiger partial charge in [-0.2, -0.15) is 5.26 Å². The molecule has 158 valence electrons. The van der Waals surface area contributed by atoms with Crippen LogP contribution in [0.5, 0.6) is 17.4 Å². The van der Waals surface area contributed by atoms with Crippen molar-refractivity contribution in [3.63, 3.8) is 0 Å². The zero-order chi connectivity index (χ0) is 22.0. The Kier molecular flexibility index (Phi) is 5.54. The van der Waals surface area contributed by atoms with Gasteiger partial charge in [0.05, 0.1) is 30.9 Å². The van der Waals surface area contributed by atoms with E-state index in [2.05, 4.69) is 35.3 Å². The molecule has 0 saturated heterocycles. The molecule has 0 bridgehead atoms. The van der Waals surface area contributed by atoms with E-state index in [0.29, 0.717) is 29.6 Å². The van der Waals surface area contributed by atoms with Crippen LogP contribution in [-0.4, -0.2) is 23.9 Å². The molecule has 0 saturated carbocycles. The third-order valence-electron chi connectivity index (χ3n) is 5.41. The van der Waals surface area contributed by atoms with Gasteiger partial charge >= 0.3 is 0 Å². The first-order valence-corrected chi connectivity index (χ1v) is 10.2. The molecule has 0 fully saturated rings. The van der Waals surface area contributed by atoms with Gasteiger partial charge < -0.3 is 19.9 Å². The lowest BCUT2D eigenvalue weighted by atomic mass is 9.82. The summed E-state index contributed by atoms with van der Waals surface area (Å²) in [6.45, 7) is 4.56. The maximum absolute atomic E-state index is 9.86. The van der Waals surface area contributed by atoms with Crippen molar-refractivity contribution < 1.29 is 14.2 Å². The van der Waals surface area contributed by atoms with Crippen LogP contribution in [0.4, 0.5) is 0 Å². The Bertz CT molecular complexity index is 1170. The summed E-state index contributed by atoms with van der Waals surface area (Å²) in [5, 5.41) is 17.3. The van der Waals surface area contributed by atoms with Gasteiger partial charge in [0.1, 0.15) is 11.6 Å². The summed E-state index contributed by atoms with van der Waals surface area (Å²) in [5.41, 5.74) is 10.9. The highest BCUT2D eigenvalue weighted by Crippen LogP contribution is 2.46. The number of aromatic amines is 1. The molecule has 3 aromatic rings. The predicted octanol–water partition coefficient (Wildman–Crippen LogP) is 4.26. The normalized spacial score (nSPS) is 15.1. The predicted molar refractivity (Wildman–Crippen MR) is 117 cm³/mol. The second-order valence-corrected chi connectivity index (χ2v) is 7.14. The maximum atomic E-state index is 9.86. The third-order valence-corrected chi connectivity index (χ3v) is 5.41. The van der Waals surface area contributed by atoms with E-state index < -0.39 is 5.92 Å². The molecule has 1 aliphatic heterocycles. The molecular weight excluding hydrogens is 392 g/mol. The Morgan fingerprint density at radius 3 is 2.58 bits per heavy atom. The molecule has 0 radical (unpaired) electrons. The standard InChI is InChI=1S/C24H24N4O3/c1-4-14-6-8-15(9-7-14)20-17(13-25)23(26)31-24-21(20)22(27-28-24)16-10-11-18(30-5-2)19(12-16)29-3/h6-12,20H,4-5,26H2,1-3H3,(H,27,28)/t20-/m1/s1. The second-order valence-electron chi connectivity index (χ2n) is 7.14. The number of nitrogens with one attached hydrogen (secondary N) is 1. The van der Waals surface area contributed by atoms with Crippen LogP contribution < -0.4 is 19.9 Å². The third kappa shape index (κ3) is 3.57. The Balaban J connectivity index is 1.87. The number of nitrogens with two attached hydrogens (primary N) is 1. The second kappa shape index (κ2) is 8.44. The smallest absolute Gasteiger partial charge is 0.244 e. The van der Waals surface area contributed by atoms with Crippen molar-refractivity contribution in [3.8, 4) is 34.7 Å². The van der Waals surface area contributed by atoms with Gasteiger partial charge in [0.2, 0.25) is 11.8 Å². The minimum Gasteiger partial charge on any atom is -0.493 e. The number of ether oxygens (including phenoxy) is 3. The van der Waals surface area contributed by atoms with Crippen molar-refractivity contribution in [2.75, 3.05) is 13.7 Å². The van der Waals surface area contributed by atoms with Crippen molar-refractivity contribution in [1.82, 2.24) is 10.2 Å². The van der Waals surface area contributed by atoms with Crippen molar-refractivity contribution in [2.45, 2.75) is 26.2 Å². The lowest BCUT2D eigenvalue weighted by molar-refractivity contribution is 0.311. The van der Waals surface area contributed by atoms with Crippen molar-refractivity contribution in [3.05, 3.63) is 70.6 Å². The summed E-state index contributed by atoms with van der Waals surface area (Å²) in [7, 11) is 1.60. The molecule has 1 aliphatic rings. The molecule has 3 N–H and O–H groups in total. The molecule has 0 aliphatic carbocycles. The number of rotatable bonds is 6. The Labute approximate surface area is 181 Å². The monoisotopic (exact) mass is 416 g/mol. The summed E-state index contributed by atoms with van der Waals surface area (Å²) in [5.74, 6) is 1.31. The van der Waals surface area contributed by atoms with Gasteiger partial charge in [-0.1, -0.05) is 31.2 Å². The van der Waals surface area contributed by atoms with Gasteiger partial charge in [0.25, 0.3) is 0 Å². The molecule has 0 amide bonds. The molecule has 7 heteroatoms. The fourth-order valence-corrected chi connectivity index (χ4v) is 3.84. The van der Waals surface area contributed by atoms with Crippen molar-refractivity contribution in [2.24, 2.45) is 5.73 Å². The number of aryl methyl sites for hydroxylation is 1. The lowest BCUT2D eigenvalue weighted by Crippen LogP contribution is -2.21. The Morgan fingerprint density at radius 1 is 1.16 bits per heavy atom. The quantitative estimate of drug-likeness (QED) is 0.622.